The molecule has 4 heteroatoms. The van der Waals surface area contributed by atoms with E-state index in [-0.39, 0.29) is 0 Å². The van der Waals surface area contributed by atoms with Gasteiger partial charge in [0.15, 0.2) is 0 Å². The fraction of sp³-hybridized carbons (Fsp3) is 0.538. The molecule has 1 aromatic carbocycles. The Morgan fingerprint density at radius 1 is 1.12 bits per heavy atom. The van der Waals surface area contributed by atoms with Crippen LogP contribution in [-0.2, 0) is 0 Å². The molecule has 0 atom stereocenters. The molecule has 2 heterocycles. The number of phenols is 1. The van der Waals surface area contributed by atoms with Crippen molar-refractivity contribution in [2.45, 2.75) is 12.8 Å². The Hall–Kier alpha value is -1.58. The SMILES string of the molecule is CN1CCNc2cc(O)c(N3CCCC3)cc21. The highest BCUT2D eigenvalue weighted by atomic mass is 16.3. The molecule has 0 bridgehead atoms. The van der Waals surface area contributed by atoms with E-state index in [4.69, 9.17) is 0 Å². The quantitative estimate of drug-likeness (QED) is 0.776. The molecule has 1 aromatic rings. The molecule has 0 spiro atoms. The van der Waals surface area contributed by atoms with E-state index in [2.05, 4.69) is 28.2 Å². The molecule has 0 aliphatic carbocycles. The molecule has 1 fully saturated rings. The number of phenolic OH excluding ortho intramolecular Hbond substituents is 1. The van der Waals surface area contributed by atoms with Gasteiger partial charge in [-0.3, -0.25) is 0 Å². The lowest BCUT2D eigenvalue weighted by Gasteiger charge is -2.30. The van der Waals surface area contributed by atoms with Gasteiger partial charge in [-0.2, -0.15) is 0 Å². The first-order valence-electron chi connectivity index (χ1n) is 6.32. The number of nitrogens with one attached hydrogen (secondary N) is 1. The molecule has 4 nitrogen and oxygen atoms in total. The van der Waals surface area contributed by atoms with Crippen molar-refractivity contribution in [3.8, 4) is 5.75 Å². The maximum absolute atomic E-state index is 10.1. The van der Waals surface area contributed by atoms with Crippen molar-refractivity contribution in [2.75, 3.05) is 48.3 Å². The Kier molecular flexibility index (Phi) is 2.50. The van der Waals surface area contributed by atoms with Gasteiger partial charge in [-0.1, -0.05) is 0 Å². The number of likely N-dealkylation sites (N-methyl/N-ethyl adjacent to an activating group) is 1. The van der Waals surface area contributed by atoms with Crippen LogP contribution in [0.3, 0.4) is 0 Å². The van der Waals surface area contributed by atoms with E-state index in [9.17, 15) is 5.11 Å². The van der Waals surface area contributed by atoms with Gasteiger partial charge < -0.3 is 20.2 Å². The van der Waals surface area contributed by atoms with Gasteiger partial charge in [-0.05, 0) is 18.9 Å². The maximum Gasteiger partial charge on any atom is 0.141 e. The lowest BCUT2D eigenvalue weighted by atomic mass is 10.1. The van der Waals surface area contributed by atoms with E-state index >= 15 is 0 Å². The summed E-state index contributed by atoms with van der Waals surface area (Å²) in [7, 11) is 2.10. The van der Waals surface area contributed by atoms with Crippen molar-refractivity contribution in [3.05, 3.63) is 12.1 Å². The van der Waals surface area contributed by atoms with Crippen molar-refractivity contribution in [1.82, 2.24) is 0 Å². The summed E-state index contributed by atoms with van der Waals surface area (Å²) in [6.07, 6.45) is 2.45. The first kappa shape index (κ1) is 10.6. The molecule has 0 radical (unpaired) electrons. The summed E-state index contributed by atoms with van der Waals surface area (Å²) in [6, 6.07) is 3.97. The van der Waals surface area contributed by atoms with E-state index in [1.54, 1.807) is 0 Å². The second-order valence-electron chi connectivity index (χ2n) is 4.90. The van der Waals surface area contributed by atoms with Gasteiger partial charge in [0.25, 0.3) is 0 Å². The van der Waals surface area contributed by atoms with E-state index in [1.165, 1.54) is 18.5 Å². The summed E-state index contributed by atoms with van der Waals surface area (Å²) in [4.78, 5) is 4.52. The minimum absolute atomic E-state index is 0.397. The number of benzene rings is 1. The summed E-state index contributed by atoms with van der Waals surface area (Å²) in [5.41, 5.74) is 3.21. The molecule has 2 aliphatic rings. The molecular formula is C13H19N3O. The summed E-state index contributed by atoms with van der Waals surface area (Å²) in [5.74, 6) is 0.397. The zero-order chi connectivity index (χ0) is 11.8. The second-order valence-corrected chi connectivity index (χ2v) is 4.90. The minimum Gasteiger partial charge on any atom is -0.506 e. The predicted molar refractivity (Wildman–Crippen MR) is 71.3 cm³/mol. The molecule has 2 N–H and O–H groups in total. The Morgan fingerprint density at radius 2 is 1.88 bits per heavy atom. The van der Waals surface area contributed by atoms with Gasteiger partial charge in [0.05, 0.1) is 17.1 Å². The smallest absolute Gasteiger partial charge is 0.141 e. The van der Waals surface area contributed by atoms with Gasteiger partial charge in [-0.25, -0.2) is 0 Å². The fourth-order valence-corrected chi connectivity index (χ4v) is 2.71. The first-order valence-corrected chi connectivity index (χ1v) is 6.32. The summed E-state index contributed by atoms with van der Waals surface area (Å²) in [6.45, 7) is 4.07. The van der Waals surface area contributed by atoms with Crippen LogP contribution in [0, 0.1) is 0 Å². The second kappa shape index (κ2) is 4.02. The zero-order valence-electron chi connectivity index (χ0n) is 10.2. The third-order valence-corrected chi connectivity index (χ3v) is 3.71. The third kappa shape index (κ3) is 1.77. The number of nitrogens with zero attached hydrogens (tertiary/aromatic N) is 2. The molecule has 0 unspecified atom stereocenters. The molecule has 0 amide bonds. The van der Waals surface area contributed by atoms with Crippen LogP contribution in [0.25, 0.3) is 0 Å². The average molecular weight is 233 g/mol. The minimum atomic E-state index is 0.397. The van der Waals surface area contributed by atoms with E-state index in [0.29, 0.717) is 5.75 Å². The molecule has 17 heavy (non-hydrogen) atoms. The van der Waals surface area contributed by atoms with Crippen LogP contribution in [-0.4, -0.2) is 38.3 Å². The zero-order valence-corrected chi connectivity index (χ0v) is 10.2. The first-order chi connectivity index (χ1) is 8.25. The number of rotatable bonds is 1. The number of hydrogen-bond acceptors (Lipinski definition) is 4. The van der Waals surface area contributed by atoms with Crippen LogP contribution in [0.1, 0.15) is 12.8 Å². The van der Waals surface area contributed by atoms with Gasteiger partial charge >= 0.3 is 0 Å². The Morgan fingerprint density at radius 3 is 2.65 bits per heavy atom. The largest absolute Gasteiger partial charge is 0.506 e. The monoisotopic (exact) mass is 233 g/mol. The Labute approximate surface area is 102 Å². The van der Waals surface area contributed by atoms with Crippen LogP contribution >= 0.6 is 0 Å². The van der Waals surface area contributed by atoms with Gasteiger partial charge in [0.2, 0.25) is 0 Å². The summed E-state index contributed by atoms with van der Waals surface area (Å²) in [5, 5.41) is 13.4. The Balaban J connectivity index is 2.01. The average Bonchev–Trinajstić information content (AvgIpc) is 2.82. The number of fused-ring (bicyclic) bond motifs is 1. The predicted octanol–water partition coefficient (Wildman–Crippen LogP) is 1.85. The van der Waals surface area contributed by atoms with Crippen LogP contribution in [0.4, 0.5) is 17.1 Å². The summed E-state index contributed by atoms with van der Waals surface area (Å²) < 4.78 is 0. The van der Waals surface area contributed by atoms with Crippen molar-refractivity contribution in [1.29, 1.82) is 0 Å². The van der Waals surface area contributed by atoms with Crippen LogP contribution < -0.4 is 15.1 Å². The lowest BCUT2D eigenvalue weighted by molar-refractivity contribution is 0.475. The van der Waals surface area contributed by atoms with Crippen molar-refractivity contribution >= 4 is 17.1 Å². The molecule has 3 rings (SSSR count). The molecule has 2 aliphatic heterocycles. The fourth-order valence-electron chi connectivity index (χ4n) is 2.71. The highest BCUT2D eigenvalue weighted by Gasteiger charge is 2.21. The van der Waals surface area contributed by atoms with Crippen LogP contribution in [0.5, 0.6) is 5.75 Å². The lowest BCUT2D eigenvalue weighted by Crippen LogP contribution is -2.30. The van der Waals surface area contributed by atoms with E-state index in [1.807, 2.05) is 6.07 Å². The standard InChI is InChI=1S/C13H19N3O/c1-15-7-4-14-10-8-13(17)12(9-11(10)15)16-5-2-3-6-16/h8-9,14,17H,2-7H2,1H3. The van der Waals surface area contributed by atoms with Gasteiger partial charge in [-0.15, -0.1) is 0 Å². The van der Waals surface area contributed by atoms with Crippen LogP contribution in [0.2, 0.25) is 0 Å². The molecule has 92 valence electrons. The van der Waals surface area contributed by atoms with Gasteiger partial charge in [0.1, 0.15) is 5.75 Å². The van der Waals surface area contributed by atoms with Crippen molar-refractivity contribution in [3.63, 3.8) is 0 Å². The molecule has 0 saturated carbocycles. The van der Waals surface area contributed by atoms with Crippen molar-refractivity contribution < 1.29 is 5.11 Å². The normalized spacial score (nSPS) is 19.1. The third-order valence-electron chi connectivity index (χ3n) is 3.71. The number of aromatic hydroxyl groups is 1. The highest BCUT2D eigenvalue weighted by molar-refractivity contribution is 5.80. The number of anilines is 3. The maximum atomic E-state index is 10.1. The molecule has 0 aromatic heterocycles. The molecular weight excluding hydrogens is 214 g/mol. The Bertz CT molecular complexity index is 427. The van der Waals surface area contributed by atoms with Crippen LogP contribution in [0.15, 0.2) is 12.1 Å². The topological polar surface area (TPSA) is 38.7 Å². The molecule has 1 saturated heterocycles. The van der Waals surface area contributed by atoms with E-state index in [0.717, 1.165) is 37.6 Å². The van der Waals surface area contributed by atoms with Crippen molar-refractivity contribution in [2.24, 2.45) is 0 Å². The highest BCUT2D eigenvalue weighted by Crippen LogP contribution is 2.40. The van der Waals surface area contributed by atoms with Gasteiger partial charge in [0, 0.05) is 39.3 Å². The van der Waals surface area contributed by atoms with E-state index < -0.39 is 0 Å². The number of hydrogen-bond donors (Lipinski definition) is 2. The summed E-state index contributed by atoms with van der Waals surface area (Å²) >= 11 is 0.